The Bertz CT molecular complexity index is 1330. The summed E-state index contributed by atoms with van der Waals surface area (Å²) < 4.78 is 13.6. The fourth-order valence-electron chi connectivity index (χ4n) is 3.71. The highest BCUT2D eigenvalue weighted by molar-refractivity contribution is 7.98. The van der Waals surface area contributed by atoms with E-state index >= 15 is 0 Å². The molecular formula is C28H21FN3S. The second-order valence-electron chi connectivity index (χ2n) is 7.66. The number of H-pyrrole nitrogens is 1. The van der Waals surface area contributed by atoms with Crippen LogP contribution in [0.2, 0.25) is 0 Å². The molecule has 3 nitrogen and oxygen atoms in total. The van der Waals surface area contributed by atoms with Crippen LogP contribution in [0, 0.1) is 12.0 Å². The van der Waals surface area contributed by atoms with E-state index in [4.69, 9.17) is 4.98 Å². The molecule has 2 heterocycles. The molecular weight excluding hydrogens is 429 g/mol. The molecule has 3 aromatic carbocycles. The van der Waals surface area contributed by atoms with Crippen LogP contribution >= 0.6 is 11.8 Å². The number of hydrogen-bond donors (Lipinski definition) is 1. The Morgan fingerprint density at radius 1 is 0.818 bits per heavy atom. The van der Waals surface area contributed by atoms with E-state index in [9.17, 15) is 4.39 Å². The molecule has 0 saturated heterocycles. The smallest absolute Gasteiger partial charge is 0.166 e. The van der Waals surface area contributed by atoms with E-state index in [1.807, 2.05) is 42.5 Å². The lowest BCUT2D eigenvalue weighted by atomic mass is 9.97. The number of rotatable bonds is 7. The summed E-state index contributed by atoms with van der Waals surface area (Å²) in [6, 6.07) is 29.0. The molecule has 1 N–H and O–H groups in total. The number of nitrogens with one attached hydrogen (secondary N) is 1. The van der Waals surface area contributed by atoms with Gasteiger partial charge in [0.25, 0.3) is 0 Å². The van der Waals surface area contributed by atoms with Crippen molar-refractivity contribution in [2.75, 3.05) is 0 Å². The van der Waals surface area contributed by atoms with E-state index in [0.717, 1.165) is 39.0 Å². The Kier molecular flexibility index (Phi) is 6.31. The van der Waals surface area contributed by atoms with E-state index in [0.29, 0.717) is 6.42 Å². The zero-order valence-electron chi connectivity index (χ0n) is 17.8. The minimum Gasteiger partial charge on any atom is -0.332 e. The fraction of sp³-hybridized carbons (Fsp3) is 0.0714. The van der Waals surface area contributed by atoms with Crippen LogP contribution in [0.1, 0.15) is 16.7 Å². The first kappa shape index (κ1) is 21.2. The van der Waals surface area contributed by atoms with Crippen LogP contribution in [0.4, 0.5) is 4.39 Å². The van der Waals surface area contributed by atoms with Gasteiger partial charge in [-0.15, -0.1) is 0 Å². The molecule has 0 amide bonds. The van der Waals surface area contributed by atoms with Crippen molar-refractivity contribution in [3.05, 3.63) is 126 Å². The highest BCUT2D eigenvalue weighted by Crippen LogP contribution is 2.35. The summed E-state index contributed by atoms with van der Waals surface area (Å²) in [4.78, 5) is 12.7. The number of benzene rings is 3. The van der Waals surface area contributed by atoms with Gasteiger partial charge >= 0.3 is 0 Å². The molecule has 161 valence electrons. The third kappa shape index (κ3) is 5.04. The molecule has 0 spiro atoms. The van der Waals surface area contributed by atoms with E-state index in [1.54, 1.807) is 30.1 Å². The number of nitrogens with zero attached hydrogens (tertiary/aromatic N) is 2. The van der Waals surface area contributed by atoms with Gasteiger partial charge in [-0.05, 0) is 47.0 Å². The van der Waals surface area contributed by atoms with Crippen molar-refractivity contribution in [3.8, 4) is 22.5 Å². The summed E-state index contributed by atoms with van der Waals surface area (Å²) in [5, 5.41) is 0.815. The van der Waals surface area contributed by atoms with Crippen molar-refractivity contribution in [1.82, 2.24) is 15.0 Å². The van der Waals surface area contributed by atoms with Crippen LogP contribution in [-0.4, -0.2) is 15.0 Å². The van der Waals surface area contributed by atoms with Crippen molar-refractivity contribution in [2.45, 2.75) is 17.3 Å². The van der Waals surface area contributed by atoms with Gasteiger partial charge in [0.1, 0.15) is 5.82 Å². The molecule has 0 aliphatic rings. The summed E-state index contributed by atoms with van der Waals surface area (Å²) in [5.41, 5.74) is 6.93. The van der Waals surface area contributed by atoms with Gasteiger partial charge in [0.15, 0.2) is 5.16 Å². The first-order valence-electron chi connectivity index (χ1n) is 10.7. The maximum atomic E-state index is 13.6. The zero-order valence-corrected chi connectivity index (χ0v) is 18.6. The Hall–Kier alpha value is -3.70. The van der Waals surface area contributed by atoms with Gasteiger partial charge < -0.3 is 4.98 Å². The molecule has 2 aromatic heterocycles. The minimum atomic E-state index is -0.267. The summed E-state index contributed by atoms with van der Waals surface area (Å²) in [6.07, 6.45) is 5.63. The fourth-order valence-corrected chi connectivity index (χ4v) is 4.54. The highest BCUT2D eigenvalue weighted by atomic mass is 32.2. The second kappa shape index (κ2) is 9.84. The monoisotopic (exact) mass is 450 g/mol. The molecule has 0 unspecified atom stereocenters. The number of aromatic amines is 1. The van der Waals surface area contributed by atoms with Crippen LogP contribution in [-0.2, 0) is 12.2 Å². The maximum absolute atomic E-state index is 13.6. The lowest BCUT2D eigenvalue weighted by Crippen LogP contribution is -1.95. The molecule has 0 bridgehead atoms. The van der Waals surface area contributed by atoms with Crippen molar-refractivity contribution in [3.63, 3.8) is 0 Å². The maximum Gasteiger partial charge on any atom is 0.166 e. The average Bonchev–Trinajstić information content (AvgIpc) is 3.29. The lowest BCUT2D eigenvalue weighted by Gasteiger charge is -2.09. The Morgan fingerprint density at radius 2 is 1.52 bits per heavy atom. The lowest BCUT2D eigenvalue weighted by molar-refractivity contribution is 0.628. The predicted octanol–water partition coefficient (Wildman–Crippen LogP) is 6.96. The van der Waals surface area contributed by atoms with Crippen molar-refractivity contribution in [1.29, 1.82) is 0 Å². The number of thioether (sulfide) groups is 1. The molecule has 0 aliphatic carbocycles. The average molecular weight is 451 g/mol. The van der Waals surface area contributed by atoms with Crippen LogP contribution < -0.4 is 0 Å². The standard InChI is InChI=1S/C28H21FN3S/c29-24-13-11-22(12-14-24)26-27(32-28(31-26)33-19-21-9-5-2-6-10-21)25-15-16-30-18-23(25)17-20-7-3-1-4-8-20/h1-16H,17,19H2,(H,31,32). The van der Waals surface area contributed by atoms with E-state index in [1.165, 1.54) is 23.3 Å². The van der Waals surface area contributed by atoms with Gasteiger partial charge in [-0.25, -0.2) is 9.37 Å². The molecule has 0 aliphatic heterocycles. The van der Waals surface area contributed by atoms with Gasteiger partial charge in [0.05, 0.1) is 17.6 Å². The summed E-state index contributed by atoms with van der Waals surface area (Å²) in [5.74, 6) is 0.534. The van der Waals surface area contributed by atoms with Gasteiger partial charge in [-0.2, -0.15) is 0 Å². The Labute approximate surface area is 196 Å². The molecule has 5 heteroatoms. The van der Waals surface area contributed by atoms with Crippen LogP contribution in [0.3, 0.4) is 0 Å². The number of imidazole rings is 1. The zero-order chi connectivity index (χ0) is 22.5. The van der Waals surface area contributed by atoms with Crippen LogP contribution in [0.15, 0.2) is 102 Å². The number of aromatic nitrogens is 3. The third-order valence-corrected chi connectivity index (χ3v) is 6.30. The van der Waals surface area contributed by atoms with Crippen LogP contribution in [0.25, 0.3) is 22.5 Å². The largest absolute Gasteiger partial charge is 0.332 e. The van der Waals surface area contributed by atoms with E-state index in [-0.39, 0.29) is 5.82 Å². The quantitative estimate of drug-likeness (QED) is 0.273. The summed E-state index contributed by atoms with van der Waals surface area (Å²) in [6.45, 7) is 0. The molecule has 0 saturated carbocycles. The van der Waals surface area contributed by atoms with Gasteiger partial charge in [0.2, 0.25) is 0 Å². The molecule has 1 radical (unpaired) electrons. The molecule has 0 atom stereocenters. The Balaban J connectivity index is 1.54. The van der Waals surface area contributed by atoms with Crippen LogP contribution in [0.5, 0.6) is 0 Å². The van der Waals surface area contributed by atoms with E-state index in [2.05, 4.69) is 40.4 Å². The van der Waals surface area contributed by atoms with Crippen molar-refractivity contribution >= 4 is 11.8 Å². The van der Waals surface area contributed by atoms with E-state index < -0.39 is 0 Å². The summed E-state index contributed by atoms with van der Waals surface area (Å²) >= 11 is 1.64. The second-order valence-corrected chi connectivity index (χ2v) is 8.62. The molecule has 5 rings (SSSR count). The molecule has 33 heavy (non-hydrogen) atoms. The van der Waals surface area contributed by atoms with Gasteiger partial charge in [-0.1, -0.05) is 72.4 Å². The Morgan fingerprint density at radius 3 is 2.24 bits per heavy atom. The third-order valence-electron chi connectivity index (χ3n) is 5.35. The van der Waals surface area contributed by atoms with Crippen molar-refractivity contribution < 1.29 is 4.39 Å². The van der Waals surface area contributed by atoms with Gasteiger partial charge in [0, 0.05) is 29.5 Å². The van der Waals surface area contributed by atoms with Crippen molar-refractivity contribution in [2.24, 2.45) is 0 Å². The normalized spacial score (nSPS) is 10.9. The number of halogens is 1. The first-order valence-corrected chi connectivity index (χ1v) is 11.7. The molecule has 5 aromatic rings. The highest BCUT2D eigenvalue weighted by Gasteiger charge is 2.18. The molecule has 0 fully saturated rings. The van der Waals surface area contributed by atoms with Gasteiger partial charge in [-0.3, -0.25) is 4.98 Å². The SMILES string of the molecule is Fc1ccc(-c2nc(SCc3ccccc3)[nH]c2-c2ccn[c]c2Cc2ccccc2)cc1. The minimum absolute atomic E-state index is 0.267. The topological polar surface area (TPSA) is 41.6 Å². The number of hydrogen-bond acceptors (Lipinski definition) is 3. The predicted molar refractivity (Wildman–Crippen MR) is 131 cm³/mol. The summed E-state index contributed by atoms with van der Waals surface area (Å²) in [7, 11) is 0. The first-order chi connectivity index (χ1) is 16.3. The number of pyridine rings is 1.